The first kappa shape index (κ1) is 16.6. The Bertz CT molecular complexity index is 529. The van der Waals surface area contributed by atoms with Crippen molar-refractivity contribution < 1.29 is 13.2 Å². The summed E-state index contributed by atoms with van der Waals surface area (Å²) in [6.07, 6.45) is 0.386. The highest BCUT2D eigenvalue weighted by molar-refractivity contribution is 7.88. The van der Waals surface area contributed by atoms with Crippen molar-refractivity contribution in [3.8, 4) is 0 Å². The van der Waals surface area contributed by atoms with E-state index in [0.29, 0.717) is 12.0 Å². The molecule has 1 aromatic rings. The molecule has 0 aliphatic heterocycles. The lowest BCUT2D eigenvalue weighted by Gasteiger charge is -2.18. The molecule has 0 saturated heterocycles. The zero-order valence-electron chi connectivity index (χ0n) is 11.7. The van der Waals surface area contributed by atoms with Crippen LogP contribution in [0.3, 0.4) is 0 Å². The molecule has 0 aliphatic carbocycles. The Hall–Kier alpha value is -1.44. The monoisotopic (exact) mass is 299 g/mol. The average molecular weight is 299 g/mol. The molecule has 0 aromatic heterocycles. The molecule has 0 aliphatic rings. The van der Waals surface area contributed by atoms with Crippen molar-refractivity contribution in [3.63, 3.8) is 0 Å². The van der Waals surface area contributed by atoms with Gasteiger partial charge in [0.2, 0.25) is 10.0 Å². The molecule has 4 N–H and O–H groups in total. The van der Waals surface area contributed by atoms with Crippen LogP contribution >= 0.6 is 0 Å². The van der Waals surface area contributed by atoms with Crippen LogP contribution in [0.2, 0.25) is 0 Å². The van der Waals surface area contributed by atoms with Gasteiger partial charge in [-0.25, -0.2) is 19.0 Å². The fourth-order valence-corrected chi connectivity index (χ4v) is 3.18. The Kier molecular flexibility index (Phi) is 6.12. The zero-order valence-corrected chi connectivity index (χ0v) is 12.5. The normalized spacial score (nSPS) is 13.2. The van der Waals surface area contributed by atoms with E-state index in [1.165, 1.54) is 0 Å². The van der Waals surface area contributed by atoms with Crippen LogP contribution in [0.15, 0.2) is 30.3 Å². The number of hydrazine groups is 1. The van der Waals surface area contributed by atoms with E-state index in [9.17, 15) is 13.2 Å². The van der Waals surface area contributed by atoms with Crippen molar-refractivity contribution in [2.45, 2.75) is 32.1 Å². The topological polar surface area (TPSA) is 101 Å². The van der Waals surface area contributed by atoms with Gasteiger partial charge in [0.25, 0.3) is 5.91 Å². The molecule has 7 heteroatoms. The second-order valence-electron chi connectivity index (χ2n) is 5.05. The number of carbonyl (C=O) groups excluding carboxylic acids is 1. The summed E-state index contributed by atoms with van der Waals surface area (Å²) in [5.74, 6) is 4.55. The van der Waals surface area contributed by atoms with E-state index in [1.807, 2.05) is 25.3 Å². The van der Waals surface area contributed by atoms with Crippen LogP contribution in [0.1, 0.15) is 25.8 Å². The fraction of sp³-hybridized carbons (Fsp3) is 0.462. The Morgan fingerprint density at radius 3 is 2.35 bits per heavy atom. The smallest absolute Gasteiger partial charge is 0.252 e. The zero-order chi connectivity index (χ0) is 15.2. The predicted molar refractivity (Wildman–Crippen MR) is 77.8 cm³/mol. The molecule has 0 radical (unpaired) electrons. The van der Waals surface area contributed by atoms with Crippen LogP contribution in [0, 0.1) is 5.92 Å². The molecule has 112 valence electrons. The van der Waals surface area contributed by atoms with E-state index in [1.54, 1.807) is 24.3 Å². The minimum absolute atomic E-state index is 0.164. The lowest BCUT2D eigenvalue weighted by Crippen LogP contribution is -2.49. The molecule has 0 saturated carbocycles. The van der Waals surface area contributed by atoms with Crippen LogP contribution in [0.4, 0.5) is 0 Å². The number of hydrogen-bond donors (Lipinski definition) is 3. The second kappa shape index (κ2) is 7.37. The summed E-state index contributed by atoms with van der Waals surface area (Å²) < 4.78 is 26.6. The molecule has 20 heavy (non-hydrogen) atoms. The lowest BCUT2D eigenvalue weighted by molar-refractivity contribution is -0.123. The van der Waals surface area contributed by atoms with Crippen LogP contribution in [-0.4, -0.2) is 20.4 Å². The third-order valence-corrected chi connectivity index (χ3v) is 4.04. The Morgan fingerprint density at radius 2 is 1.85 bits per heavy atom. The predicted octanol–water partition coefficient (Wildman–Crippen LogP) is 0.511. The van der Waals surface area contributed by atoms with Crippen molar-refractivity contribution >= 4 is 15.9 Å². The van der Waals surface area contributed by atoms with Gasteiger partial charge in [-0.1, -0.05) is 44.2 Å². The number of hydrogen-bond acceptors (Lipinski definition) is 4. The Morgan fingerprint density at radius 1 is 1.25 bits per heavy atom. The van der Waals surface area contributed by atoms with Gasteiger partial charge in [0.1, 0.15) is 6.04 Å². The molecule has 1 rings (SSSR count). The molecule has 1 amide bonds. The van der Waals surface area contributed by atoms with E-state index in [4.69, 9.17) is 5.84 Å². The first-order chi connectivity index (χ1) is 9.34. The van der Waals surface area contributed by atoms with Crippen molar-refractivity contribution in [1.82, 2.24) is 10.1 Å². The summed E-state index contributed by atoms with van der Waals surface area (Å²) in [5.41, 5.74) is 2.65. The maximum Gasteiger partial charge on any atom is 0.252 e. The van der Waals surface area contributed by atoms with Gasteiger partial charge in [-0.05, 0) is 17.9 Å². The SMILES string of the molecule is CC(C)CC(NS(=O)(=O)Cc1ccccc1)C(=O)NN. The summed E-state index contributed by atoms with van der Waals surface area (Å²) in [4.78, 5) is 11.6. The van der Waals surface area contributed by atoms with Gasteiger partial charge in [-0.15, -0.1) is 0 Å². The first-order valence-corrected chi connectivity index (χ1v) is 8.03. The Labute approximate surface area is 119 Å². The van der Waals surface area contributed by atoms with Crippen molar-refractivity contribution in [2.24, 2.45) is 11.8 Å². The van der Waals surface area contributed by atoms with E-state index in [2.05, 4.69) is 4.72 Å². The van der Waals surface area contributed by atoms with Crippen LogP contribution < -0.4 is 16.0 Å². The third kappa shape index (κ3) is 5.68. The summed E-state index contributed by atoms with van der Waals surface area (Å²) in [6.45, 7) is 3.81. The molecule has 0 bridgehead atoms. The minimum atomic E-state index is -3.60. The molecule has 0 spiro atoms. The first-order valence-electron chi connectivity index (χ1n) is 6.38. The molecule has 1 atom stereocenters. The van der Waals surface area contributed by atoms with E-state index >= 15 is 0 Å². The highest BCUT2D eigenvalue weighted by Gasteiger charge is 2.24. The average Bonchev–Trinajstić information content (AvgIpc) is 2.36. The summed E-state index contributed by atoms with van der Waals surface area (Å²) >= 11 is 0. The van der Waals surface area contributed by atoms with E-state index in [-0.39, 0.29) is 11.7 Å². The third-order valence-electron chi connectivity index (χ3n) is 2.69. The highest BCUT2D eigenvalue weighted by atomic mass is 32.2. The highest BCUT2D eigenvalue weighted by Crippen LogP contribution is 2.09. The number of benzene rings is 1. The van der Waals surface area contributed by atoms with Crippen LogP contribution in [-0.2, 0) is 20.6 Å². The van der Waals surface area contributed by atoms with Gasteiger partial charge in [0.15, 0.2) is 0 Å². The molecule has 6 nitrogen and oxygen atoms in total. The van der Waals surface area contributed by atoms with E-state index < -0.39 is 22.0 Å². The maximum atomic E-state index is 12.1. The maximum absolute atomic E-state index is 12.1. The van der Waals surface area contributed by atoms with Gasteiger partial charge in [0, 0.05) is 0 Å². The standard InChI is InChI=1S/C13H21N3O3S/c1-10(2)8-12(13(17)15-14)16-20(18,19)9-11-6-4-3-5-7-11/h3-7,10,12,16H,8-9,14H2,1-2H3,(H,15,17). The number of rotatable bonds is 7. The number of sulfonamides is 1. The number of nitrogens with one attached hydrogen (secondary N) is 2. The van der Waals surface area contributed by atoms with Gasteiger partial charge in [-0.2, -0.15) is 0 Å². The lowest BCUT2D eigenvalue weighted by atomic mass is 10.0. The van der Waals surface area contributed by atoms with Crippen molar-refractivity contribution in [1.29, 1.82) is 0 Å². The molecule has 1 aromatic carbocycles. The van der Waals surface area contributed by atoms with Crippen LogP contribution in [0.25, 0.3) is 0 Å². The number of amides is 1. The van der Waals surface area contributed by atoms with Gasteiger partial charge in [-0.3, -0.25) is 10.2 Å². The quantitative estimate of drug-likeness (QED) is 0.388. The number of nitrogens with two attached hydrogens (primary N) is 1. The number of carbonyl (C=O) groups is 1. The molecule has 0 heterocycles. The van der Waals surface area contributed by atoms with Gasteiger partial charge >= 0.3 is 0 Å². The molecular formula is C13H21N3O3S. The minimum Gasteiger partial charge on any atom is -0.293 e. The summed E-state index contributed by atoms with van der Waals surface area (Å²) in [7, 11) is -3.60. The van der Waals surface area contributed by atoms with Gasteiger partial charge < -0.3 is 0 Å². The summed E-state index contributed by atoms with van der Waals surface area (Å²) in [6, 6.07) is 7.94. The largest absolute Gasteiger partial charge is 0.293 e. The molecule has 1 unspecified atom stereocenters. The van der Waals surface area contributed by atoms with Gasteiger partial charge in [0.05, 0.1) is 5.75 Å². The van der Waals surface area contributed by atoms with E-state index in [0.717, 1.165) is 0 Å². The Balaban J connectivity index is 2.78. The second-order valence-corrected chi connectivity index (χ2v) is 6.81. The fourth-order valence-electron chi connectivity index (χ4n) is 1.83. The molecular weight excluding hydrogens is 278 g/mol. The van der Waals surface area contributed by atoms with Crippen molar-refractivity contribution in [2.75, 3.05) is 0 Å². The molecule has 0 fully saturated rings. The van der Waals surface area contributed by atoms with Crippen LogP contribution in [0.5, 0.6) is 0 Å². The summed E-state index contributed by atoms with van der Waals surface area (Å²) in [5, 5.41) is 0. The van der Waals surface area contributed by atoms with Crippen molar-refractivity contribution in [3.05, 3.63) is 35.9 Å².